The van der Waals surface area contributed by atoms with E-state index in [2.05, 4.69) is 114 Å². The van der Waals surface area contributed by atoms with Gasteiger partial charge in [0.15, 0.2) is 16.7 Å². The van der Waals surface area contributed by atoms with Gasteiger partial charge in [-0.15, -0.1) is 18.2 Å². The molecule has 2 aromatic heterocycles. The van der Waals surface area contributed by atoms with Gasteiger partial charge in [0.1, 0.15) is 4.70 Å². The largest absolute Gasteiger partial charge is 1.00 e. The molecule has 0 spiro atoms. The van der Waals surface area contributed by atoms with E-state index in [9.17, 15) is 0 Å². The minimum absolute atomic E-state index is 0. The fraction of sp³-hybridized carbons (Fsp3) is 0. The van der Waals surface area contributed by atoms with Gasteiger partial charge in [-0.2, -0.15) is 11.3 Å². The van der Waals surface area contributed by atoms with Crippen LogP contribution in [0.3, 0.4) is 0 Å². The molecule has 1 radical (unpaired) electrons. The summed E-state index contributed by atoms with van der Waals surface area (Å²) in [6.45, 7) is 45.0. The maximum absolute atomic E-state index is 7.50. The van der Waals surface area contributed by atoms with E-state index < -0.39 is 0 Å². The van der Waals surface area contributed by atoms with Crippen LogP contribution in [0.1, 0.15) is 0 Å². The summed E-state index contributed by atoms with van der Waals surface area (Å²) in [5, 5.41) is 5.61. The summed E-state index contributed by atoms with van der Waals surface area (Å²) >= 11 is 3.62. The third kappa shape index (κ3) is 41.6. The second-order valence-electron chi connectivity index (χ2n) is 3.12. The van der Waals surface area contributed by atoms with Gasteiger partial charge in [-0.3, -0.25) is 0 Å². The molecule has 0 aliphatic carbocycles. The van der Waals surface area contributed by atoms with Crippen LogP contribution in [-0.4, -0.2) is 0 Å². The van der Waals surface area contributed by atoms with Gasteiger partial charge in [0.25, 0.3) is 0 Å². The molecular weight excluding hydrogens is 1060 g/mol. The summed E-state index contributed by atoms with van der Waals surface area (Å²) in [6, 6.07) is 13.0. The van der Waals surface area contributed by atoms with Crippen molar-refractivity contribution in [3.05, 3.63) is 114 Å². The van der Waals surface area contributed by atoms with Crippen LogP contribution in [0.25, 0.3) is 20.5 Å². The molecule has 10 nitrogen and oxygen atoms in total. The van der Waals surface area contributed by atoms with Crippen LogP contribution < -0.4 is 0 Å². The molecular formula is C22H8O10Os3S2+. The minimum Gasteiger partial charge on any atom is -0.155 e. The molecule has 0 atom stereocenters. The van der Waals surface area contributed by atoms with Gasteiger partial charge in [-0.1, -0.05) is 23.1 Å². The molecule has 3 rings (SSSR count). The summed E-state index contributed by atoms with van der Waals surface area (Å²) < 4.78 is 76.4. The second kappa shape index (κ2) is 92.4. The SMILES string of the molecule is [C-]#[O+].[C-]#[O+].[C-]#[O+].[C-]#[O+].[C-]#[O+].[C-]#[O+].[C-]#[O+].[C-]#[O+].[C-]#[O+].[C-]#[O+].[Os+].[Os].[Os].c1csc(-c2c[cH-]c3ccc[s+]c23)c1. The molecule has 0 N–H and O–H groups in total. The van der Waals surface area contributed by atoms with E-state index in [-0.39, 0.29) is 59.4 Å². The number of thiophene rings is 1. The van der Waals surface area contributed by atoms with Crippen LogP contribution in [0.15, 0.2) is 47.2 Å². The maximum atomic E-state index is 7.50. The van der Waals surface area contributed by atoms with Crippen molar-refractivity contribution in [2.45, 2.75) is 0 Å². The Morgan fingerprint density at radius 2 is 0.973 bits per heavy atom. The molecule has 1 aromatic carbocycles. The first kappa shape index (κ1) is 70.3. The zero-order valence-corrected chi connectivity index (χ0v) is 26.8. The normalized spacial score (nSPS) is 4.65. The summed E-state index contributed by atoms with van der Waals surface area (Å²) in [5.41, 5.74) is 1.38. The predicted octanol–water partition coefficient (Wildman–Crippen LogP) is 4.25. The Labute approximate surface area is 261 Å². The van der Waals surface area contributed by atoms with Gasteiger partial charge >= 0.3 is 133 Å². The molecule has 191 valence electrons. The third-order valence-corrected chi connectivity index (χ3v) is 4.15. The van der Waals surface area contributed by atoms with Crippen LogP contribution in [0.5, 0.6) is 0 Å². The molecule has 0 fully saturated rings. The van der Waals surface area contributed by atoms with E-state index in [1.807, 2.05) is 11.3 Å². The first-order valence-electron chi connectivity index (χ1n) is 6.49. The summed E-state index contributed by atoms with van der Waals surface area (Å²) in [6.07, 6.45) is 0. The average molecular weight is 1070 g/mol. The Bertz CT molecular complexity index is 896. The van der Waals surface area contributed by atoms with Crippen molar-refractivity contribution in [2.24, 2.45) is 0 Å². The van der Waals surface area contributed by atoms with Gasteiger partial charge < -0.3 is 0 Å². The van der Waals surface area contributed by atoms with Crippen molar-refractivity contribution in [1.29, 1.82) is 0 Å². The van der Waals surface area contributed by atoms with E-state index in [4.69, 9.17) is 46.5 Å². The Morgan fingerprint density at radius 3 is 1.30 bits per heavy atom. The molecule has 3 aromatic rings. The van der Waals surface area contributed by atoms with Crippen molar-refractivity contribution >= 4 is 32.8 Å². The molecule has 0 amide bonds. The topological polar surface area (TPSA) is 199 Å². The Hall–Kier alpha value is -1.81. The quantitative estimate of drug-likeness (QED) is 0.249. The Balaban J connectivity index is -0.0000000284. The van der Waals surface area contributed by atoms with Crippen LogP contribution >= 0.6 is 22.7 Å². The second-order valence-corrected chi connectivity index (χ2v) is 4.99. The monoisotopic (exact) mass is 1070 g/mol. The Kier molecular flexibility index (Phi) is 176. The average Bonchev–Trinajstić information content (AvgIpc) is 3.70. The van der Waals surface area contributed by atoms with Crippen LogP contribution in [0.2, 0.25) is 0 Å². The number of fused-ring (bicyclic) bond motifs is 1. The first-order chi connectivity index (χ1) is 16.9. The fourth-order valence-electron chi connectivity index (χ4n) is 1.62. The summed E-state index contributed by atoms with van der Waals surface area (Å²) in [4.78, 5) is 1.36. The number of hydrogen-bond acceptors (Lipinski definition) is 1. The molecule has 0 aliphatic heterocycles. The van der Waals surface area contributed by atoms with E-state index >= 15 is 0 Å². The van der Waals surface area contributed by atoms with Gasteiger partial charge in [0.05, 0.1) is 0 Å². The van der Waals surface area contributed by atoms with Gasteiger partial charge in [-0.05, 0) is 16.3 Å². The van der Waals surface area contributed by atoms with E-state index in [1.54, 1.807) is 11.3 Å². The van der Waals surface area contributed by atoms with Gasteiger partial charge in [0.2, 0.25) is 0 Å². The molecule has 15 heteroatoms. The van der Waals surface area contributed by atoms with Crippen LogP contribution in [-0.2, 0) is 106 Å². The zero-order valence-electron chi connectivity index (χ0n) is 17.6. The molecule has 0 saturated heterocycles. The molecule has 0 bridgehead atoms. The van der Waals surface area contributed by atoms with Crippen molar-refractivity contribution < 1.29 is 106 Å². The van der Waals surface area contributed by atoms with Crippen LogP contribution in [0.4, 0.5) is 0 Å². The molecule has 0 aliphatic rings. The molecule has 0 unspecified atom stereocenters. The Morgan fingerprint density at radius 1 is 0.595 bits per heavy atom. The van der Waals surface area contributed by atoms with Crippen LogP contribution in [0, 0.1) is 66.5 Å². The molecule has 37 heavy (non-hydrogen) atoms. The third-order valence-electron chi connectivity index (χ3n) is 2.26. The smallest absolute Gasteiger partial charge is 0.155 e. The zero-order chi connectivity index (χ0) is 29.4. The van der Waals surface area contributed by atoms with Crippen molar-refractivity contribution in [3.63, 3.8) is 0 Å². The van der Waals surface area contributed by atoms with Crippen molar-refractivity contribution in [3.8, 4) is 10.4 Å². The predicted molar refractivity (Wildman–Crippen MR) is 104 cm³/mol. The number of rotatable bonds is 1. The van der Waals surface area contributed by atoms with E-state index in [1.165, 1.54) is 20.5 Å². The fourth-order valence-corrected chi connectivity index (χ4v) is 3.31. The summed E-state index contributed by atoms with van der Waals surface area (Å²) in [7, 11) is 0. The van der Waals surface area contributed by atoms with Crippen molar-refractivity contribution in [2.75, 3.05) is 0 Å². The van der Waals surface area contributed by atoms with E-state index in [0.717, 1.165) is 0 Å². The van der Waals surface area contributed by atoms with Gasteiger partial charge in [-0.25, -0.2) is 0 Å². The van der Waals surface area contributed by atoms with E-state index in [0.29, 0.717) is 0 Å². The van der Waals surface area contributed by atoms with Crippen molar-refractivity contribution in [1.82, 2.24) is 0 Å². The molecule has 2 heterocycles. The standard InChI is InChI=1S/C12H8S2.10CO.3Os/c1-3-9-5-6-10(12(9)14-8-1)11-4-2-7-13-11;10*1-2;;;/h1-8H;;;;;;;;;;;;;/q;;;;;;;;;;;;;+1. The number of hydrogen-bond donors (Lipinski definition) is 0. The first-order valence-corrected chi connectivity index (χ1v) is 8.25. The summed E-state index contributed by atoms with van der Waals surface area (Å²) in [5.74, 6) is 0. The maximum Gasteiger partial charge on any atom is 1.00 e. The molecule has 0 saturated carbocycles. The van der Waals surface area contributed by atoms with Gasteiger partial charge in [0, 0.05) is 39.6 Å². The minimum atomic E-state index is 0.